The van der Waals surface area contributed by atoms with E-state index in [0.29, 0.717) is 0 Å². The van der Waals surface area contributed by atoms with Gasteiger partial charge in [0.1, 0.15) is 0 Å². The molecule has 2 N–H and O–H groups in total. The maximum absolute atomic E-state index is 6.69. The zero-order valence-electron chi connectivity index (χ0n) is 70.7. The van der Waals surface area contributed by atoms with Gasteiger partial charge >= 0.3 is 0 Å². The number of nitrogens with zero attached hydrogens (tertiary/aromatic N) is 2. The molecule has 1 aliphatic carbocycles. The second-order valence-corrected chi connectivity index (χ2v) is 41.0. The second kappa shape index (κ2) is 25.4. The maximum atomic E-state index is 6.69. The maximum Gasteiger partial charge on any atom is 0.0816 e. The molecule has 4 heterocycles. The van der Waals surface area contributed by atoms with Gasteiger partial charge in [0, 0.05) is 66.1 Å². The summed E-state index contributed by atoms with van der Waals surface area (Å²) in [6, 6.07) is 85.7. The highest BCUT2D eigenvalue weighted by molar-refractivity contribution is 6.25. The van der Waals surface area contributed by atoms with Gasteiger partial charge in [-0.25, -0.2) is 9.97 Å². The van der Waals surface area contributed by atoms with E-state index in [9.17, 15) is 0 Å². The van der Waals surface area contributed by atoms with Crippen molar-refractivity contribution < 1.29 is 0 Å². The van der Waals surface area contributed by atoms with E-state index in [0.717, 1.165) is 176 Å². The van der Waals surface area contributed by atoms with Crippen LogP contribution in [0.1, 0.15) is 211 Å². The molecule has 112 heavy (non-hydrogen) atoms. The molecule has 4 nitrogen and oxygen atoms in total. The predicted octanol–water partition coefficient (Wildman–Crippen LogP) is 31.0. The van der Waals surface area contributed by atoms with E-state index in [-0.39, 0.29) is 43.3 Å². The molecule has 4 heteroatoms. The van der Waals surface area contributed by atoms with Crippen LogP contribution in [-0.4, -0.2) is 19.9 Å². The van der Waals surface area contributed by atoms with Crippen molar-refractivity contribution in [2.45, 2.75) is 209 Å². The summed E-state index contributed by atoms with van der Waals surface area (Å²) < 4.78 is 0. The number of benzene rings is 12. The first kappa shape index (κ1) is 74.1. The van der Waals surface area contributed by atoms with Crippen molar-refractivity contribution in [1.29, 1.82) is 0 Å². The van der Waals surface area contributed by atoms with Crippen LogP contribution in [-0.2, 0) is 43.3 Å². The highest BCUT2D eigenvalue weighted by Crippen LogP contribution is 2.56. The molecule has 0 saturated carbocycles. The third kappa shape index (κ3) is 12.9. The van der Waals surface area contributed by atoms with Crippen molar-refractivity contribution in [3.8, 4) is 89.5 Å². The zero-order chi connectivity index (χ0) is 79.4. The summed E-state index contributed by atoms with van der Waals surface area (Å²) in [6.45, 7) is 56.9. The number of aromatic amines is 2. The van der Waals surface area contributed by atoms with E-state index in [1.807, 2.05) is 0 Å². The number of fused-ring (bicyclic) bond motifs is 4. The van der Waals surface area contributed by atoms with Crippen LogP contribution in [0.25, 0.3) is 176 Å². The van der Waals surface area contributed by atoms with Crippen molar-refractivity contribution in [2.24, 2.45) is 0 Å². The molecule has 2 aromatic heterocycles. The fourth-order valence-corrected chi connectivity index (χ4v) is 17.3. The largest absolute Gasteiger partial charge is 0.353 e. The van der Waals surface area contributed by atoms with Crippen LogP contribution in [0.4, 0.5) is 0 Å². The molecular formula is C108H110N4. The molecule has 17 rings (SSSR count). The van der Waals surface area contributed by atoms with Gasteiger partial charge in [-0.1, -0.05) is 336 Å². The summed E-state index contributed by atoms with van der Waals surface area (Å²) >= 11 is 0. The van der Waals surface area contributed by atoms with Crippen molar-refractivity contribution >= 4 is 86.7 Å². The minimum Gasteiger partial charge on any atom is -0.353 e. The number of H-pyrrole nitrogens is 2. The van der Waals surface area contributed by atoms with E-state index in [1.165, 1.54) is 44.5 Å². The van der Waals surface area contributed by atoms with Gasteiger partial charge < -0.3 is 9.97 Å². The Hall–Kier alpha value is -10.7. The van der Waals surface area contributed by atoms with Crippen LogP contribution in [0.3, 0.4) is 0 Å². The monoisotopic (exact) mass is 1460 g/mol. The Morgan fingerprint density at radius 3 is 0.491 bits per heavy atom. The van der Waals surface area contributed by atoms with Crippen molar-refractivity contribution in [1.82, 2.24) is 19.9 Å². The van der Waals surface area contributed by atoms with E-state index in [4.69, 9.17) is 9.97 Å². The third-order valence-electron chi connectivity index (χ3n) is 24.4. The summed E-state index contributed by atoms with van der Waals surface area (Å²) in [5, 5.41) is 13.7. The number of hydrogen-bond donors (Lipinski definition) is 2. The summed E-state index contributed by atoms with van der Waals surface area (Å²) in [4.78, 5) is 22.6. The van der Waals surface area contributed by atoms with Gasteiger partial charge in [-0.05, 0) is 202 Å². The molecule has 8 bridgehead atoms. The van der Waals surface area contributed by atoms with Crippen LogP contribution in [0, 0.1) is 0 Å². The normalized spacial score (nSPS) is 13.4. The molecule has 0 atom stereocenters. The molecule has 0 radical (unpaired) electrons. The number of hydrogen-bond acceptors (Lipinski definition) is 2. The lowest BCUT2D eigenvalue weighted by molar-refractivity contribution is 0.568. The zero-order valence-corrected chi connectivity index (χ0v) is 70.7. The molecule has 14 aromatic rings. The SMILES string of the molecule is CC(C)(C)c1cc(-c2c3nc(c(-c4cc(C(C)(C)C)cc(C(C)(C)C)c4)c4[nH]c(c(-c5cc(C(C)(C)C)cc(C(C)(C)C)c5)c5nc(c(-c6cc(C(C)(C)C)cc(C(C)(C)C)c6)c6[nH]c2c2cc7ccccc7cc62)-c2cc6ccccc6cc2-5)c2cc5ccccc5cc42)-c2cc4ccccc4cc2-3)cc(C(C)(C)C)c1. The highest BCUT2D eigenvalue weighted by atomic mass is 14.8. The van der Waals surface area contributed by atoms with Gasteiger partial charge in [-0.2, -0.15) is 0 Å². The van der Waals surface area contributed by atoms with Gasteiger partial charge in [0.15, 0.2) is 0 Å². The standard InChI is InChI=1S/C108H110N4/c1-101(2,3)73-41-69(42-74(57-73)102(4,5)6)89-93-81-49-61-33-25-27-35-63(61)51-83(81)95(109-93)90(70-43-75(103(7,8)9)58-76(44-70)104(10,11)12)97-85-53-65-37-29-31-39-67(65)55-87(85)99(111-97)92(72-47-79(107(19,20)21)60-80(48-72)108(22,23)24)100-88-56-68-40-32-30-38-66(68)54-86(88)98(112-100)91(71-45-77(105(13,14)15)59-78(46-71)106(16,17)18)96-84-52-64-36-28-26-34-62(64)50-82(84)94(89)110-96/h25-60,109,112H,1-24H3. The fraction of sp³-hybridized carbons (Fsp3) is 0.296. The van der Waals surface area contributed by atoms with Gasteiger partial charge in [0.2, 0.25) is 0 Å². The van der Waals surface area contributed by atoms with Gasteiger partial charge in [0.25, 0.3) is 0 Å². The fourth-order valence-electron chi connectivity index (χ4n) is 17.3. The van der Waals surface area contributed by atoms with Crippen molar-refractivity contribution in [2.75, 3.05) is 0 Å². The van der Waals surface area contributed by atoms with E-state index >= 15 is 0 Å². The Balaban J connectivity index is 1.28. The minimum absolute atomic E-state index is 0.230. The molecule has 0 spiro atoms. The van der Waals surface area contributed by atoms with E-state index in [1.54, 1.807) is 0 Å². The van der Waals surface area contributed by atoms with Crippen LogP contribution in [0.2, 0.25) is 0 Å². The molecule has 0 saturated heterocycles. The smallest absolute Gasteiger partial charge is 0.0816 e. The number of aromatic nitrogens is 4. The molecule has 2 aliphatic heterocycles. The van der Waals surface area contributed by atoms with Crippen LogP contribution in [0.15, 0.2) is 218 Å². The summed E-state index contributed by atoms with van der Waals surface area (Å²) in [5.41, 5.74) is 28.8. The Bertz CT molecular complexity index is 5750. The van der Waals surface area contributed by atoms with Crippen LogP contribution < -0.4 is 0 Å². The van der Waals surface area contributed by atoms with Crippen LogP contribution in [0.5, 0.6) is 0 Å². The average Bonchev–Trinajstić information content (AvgIpc) is 1.54. The second-order valence-electron chi connectivity index (χ2n) is 41.0. The van der Waals surface area contributed by atoms with E-state index in [2.05, 4.69) is 395 Å². The van der Waals surface area contributed by atoms with Gasteiger partial charge in [-0.15, -0.1) is 0 Å². The van der Waals surface area contributed by atoms with Crippen molar-refractivity contribution in [3.05, 3.63) is 263 Å². The Kier molecular flexibility index (Phi) is 16.8. The summed E-state index contributed by atoms with van der Waals surface area (Å²) in [5.74, 6) is 0. The Morgan fingerprint density at radius 1 is 0.188 bits per heavy atom. The Labute approximate surface area is 664 Å². The van der Waals surface area contributed by atoms with Gasteiger partial charge in [-0.3, -0.25) is 0 Å². The highest BCUT2D eigenvalue weighted by Gasteiger charge is 2.36. The molecule has 562 valence electrons. The van der Waals surface area contributed by atoms with Gasteiger partial charge in [0.05, 0.1) is 44.8 Å². The molecule has 0 fully saturated rings. The molecular weight excluding hydrogens is 1350 g/mol. The third-order valence-corrected chi connectivity index (χ3v) is 24.4. The molecule has 0 amide bonds. The topological polar surface area (TPSA) is 57.4 Å². The van der Waals surface area contributed by atoms with E-state index < -0.39 is 0 Å². The summed E-state index contributed by atoms with van der Waals surface area (Å²) in [6.07, 6.45) is 0. The Morgan fingerprint density at radius 2 is 0.339 bits per heavy atom. The average molecular weight is 1460 g/mol. The lowest BCUT2D eigenvalue weighted by Gasteiger charge is -2.26. The lowest BCUT2D eigenvalue weighted by atomic mass is 9.78. The molecule has 12 aromatic carbocycles. The first-order valence-electron chi connectivity index (χ1n) is 40.8. The summed E-state index contributed by atoms with van der Waals surface area (Å²) in [7, 11) is 0. The number of nitrogens with one attached hydrogen (secondary N) is 2. The number of rotatable bonds is 4. The first-order valence-corrected chi connectivity index (χ1v) is 40.8. The molecule has 0 unspecified atom stereocenters. The lowest BCUT2D eigenvalue weighted by Crippen LogP contribution is -2.16. The van der Waals surface area contributed by atoms with Crippen molar-refractivity contribution in [3.63, 3.8) is 0 Å². The molecule has 3 aliphatic rings. The van der Waals surface area contributed by atoms with Crippen LogP contribution >= 0.6 is 0 Å². The quantitative estimate of drug-likeness (QED) is 0.184. The predicted molar refractivity (Wildman–Crippen MR) is 486 cm³/mol. The first-order chi connectivity index (χ1) is 52.5. The minimum atomic E-state index is -0.230.